The minimum Gasteiger partial charge on any atom is -0.465 e. The number of nitrogens with zero attached hydrogens (tertiary/aromatic N) is 2. The lowest BCUT2D eigenvalue weighted by atomic mass is 10.1. The van der Waals surface area contributed by atoms with Gasteiger partial charge in [0, 0.05) is 6.04 Å². The zero-order valence-electron chi connectivity index (χ0n) is 11.4. The molecule has 104 valence electrons. The highest BCUT2D eigenvalue weighted by molar-refractivity contribution is 5.98. The third kappa shape index (κ3) is 2.94. The van der Waals surface area contributed by atoms with Gasteiger partial charge in [-0.25, -0.2) is 0 Å². The minimum absolute atomic E-state index is 0.0125. The third-order valence-electron chi connectivity index (χ3n) is 3.10. The molecule has 1 fully saturated rings. The molecule has 0 unspecified atom stereocenters. The van der Waals surface area contributed by atoms with Crippen LogP contribution < -0.4 is 0 Å². The molecular weight excluding hydrogens is 248 g/mol. The number of carbonyl (C=O) groups is 2. The fourth-order valence-electron chi connectivity index (χ4n) is 2.03. The Kier molecular flexibility index (Phi) is 3.87. The van der Waals surface area contributed by atoms with Gasteiger partial charge in [-0.05, 0) is 33.6 Å². The molecule has 19 heavy (non-hydrogen) atoms. The van der Waals surface area contributed by atoms with E-state index in [0.717, 1.165) is 12.8 Å². The van der Waals surface area contributed by atoms with Crippen LogP contribution >= 0.6 is 0 Å². The van der Waals surface area contributed by atoms with Crippen LogP contribution in [0.25, 0.3) is 0 Å². The molecule has 6 heteroatoms. The van der Waals surface area contributed by atoms with Gasteiger partial charge in [-0.1, -0.05) is 5.16 Å². The molecule has 1 amide bonds. The highest BCUT2D eigenvalue weighted by Gasteiger charge is 2.36. The summed E-state index contributed by atoms with van der Waals surface area (Å²) in [5.41, 5.74) is 1.01. The maximum atomic E-state index is 12.5. The SMILES string of the molecule is CCOC(=O)CN(C(=O)c1c(C)noc1C)C1CC1. The smallest absolute Gasteiger partial charge is 0.325 e. The topological polar surface area (TPSA) is 72.6 Å². The van der Waals surface area contributed by atoms with E-state index >= 15 is 0 Å². The monoisotopic (exact) mass is 266 g/mol. The first kappa shape index (κ1) is 13.6. The van der Waals surface area contributed by atoms with Crippen LogP contribution in [0.3, 0.4) is 0 Å². The van der Waals surface area contributed by atoms with E-state index in [1.807, 2.05) is 0 Å². The van der Waals surface area contributed by atoms with Crippen molar-refractivity contribution in [3.05, 3.63) is 17.0 Å². The van der Waals surface area contributed by atoms with Gasteiger partial charge in [0.05, 0.1) is 12.3 Å². The van der Waals surface area contributed by atoms with E-state index in [4.69, 9.17) is 9.26 Å². The Balaban J connectivity index is 2.15. The Labute approximate surface area is 111 Å². The van der Waals surface area contributed by atoms with Gasteiger partial charge in [0.15, 0.2) is 0 Å². The van der Waals surface area contributed by atoms with Crippen molar-refractivity contribution in [2.45, 2.75) is 39.7 Å². The highest BCUT2D eigenvalue weighted by atomic mass is 16.5. The summed E-state index contributed by atoms with van der Waals surface area (Å²) in [6.07, 6.45) is 1.85. The van der Waals surface area contributed by atoms with Gasteiger partial charge in [-0.2, -0.15) is 0 Å². The first-order chi connectivity index (χ1) is 9.04. The number of amides is 1. The van der Waals surface area contributed by atoms with Gasteiger partial charge in [-0.15, -0.1) is 0 Å². The molecule has 0 N–H and O–H groups in total. The molecule has 2 rings (SSSR count). The summed E-state index contributed by atoms with van der Waals surface area (Å²) in [5, 5.41) is 3.78. The maximum Gasteiger partial charge on any atom is 0.325 e. The average Bonchev–Trinajstić information content (AvgIpc) is 3.13. The van der Waals surface area contributed by atoms with Crippen LogP contribution in [0.4, 0.5) is 0 Å². The van der Waals surface area contributed by atoms with Crippen LogP contribution in [-0.4, -0.2) is 41.1 Å². The number of aromatic nitrogens is 1. The predicted molar refractivity (Wildman–Crippen MR) is 66.7 cm³/mol. The molecule has 0 radical (unpaired) electrons. The molecular formula is C13H18N2O4. The van der Waals surface area contributed by atoms with E-state index in [-0.39, 0.29) is 24.5 Å². The molecule has 1 saturated carbocycles. The summed E-state index contributed by atoms with van der Waals surface area (Å²) in [6, 6.07) is 0.130. The molecule has 0 saturated heterocycles. The first-order valence-electron chi connectivity index (χ1n) is 6.44. The minimum atomic E-state index is -0.380. The fraction of sp³-hybridized carbons (Fsp3) is 0.615. The summed E-state index contributed by atoms with van der Waals surface area (Å²) in [6.45, 7) is 5.47. The van der Waals surface area contributed by atoms with Crippen LogP contribution in [0, 0.1) is 13.8 Å². The molecule has 0 aromatic carbocycles. The fourth-order valence-corrected chi connectivity index (χ4v) is 2.03. The number of rotatable bonds is 5. The number of carbonyl (C=O) groups excluding carboxylic acids is 2. The second kappa shape index (κ2) is 5.42. The second-order valence-corrected chi connectivity index (χ2v) is 4.67. The van der Waals surface area contributed by atoms with Crippen LogP contribution in [0.15, 0.2) is 4.52 Å². The lowest BCUT2D eigenvalue weighted by molar-refractivity contribution is -0.144. The third-order valence-corrected chi connectivity index (χ3v) is 3.10. The molecule has 1 aromatic rings. The number of esters is 1. The highest BCUT2D eigenvalue weighted by Crippen LogP contribution is 2.29. The summed E-state index contributed by atoms with van der Waals surface area (Å²) in [5.74, 6) is -0.0988. The Morgan fingerprint density at radius 1 is 1.42 bits per heavy atom. The normalized spacial score (nSPS) is 14.3. The van der Waals surface area contributed by atoms with E-state index in [1.54, 1.807) is 25.7 Å². The van der Waals surface area contributed by atoms with Gasteiger partial charge in [0.1, 0.15) is 17.9 Å². The van der Waals surface area contributed by atoms with Crippen LogP contribution in [0.5, 0.6) is 0 Å². The Bertz CT molecular complexity index is 471. The lowest BCUT2D eigenvalue weighted by Crippen LogP contribution is -2.38. The molecule has 0 spiro atoms. The zero-order valence-corrected chi connectivity index (χ0v) is 11.4. The van der Waals surface area contributed by atoms with Crippen molar-refractivity contribution < 1.29 is 18.8 Å². The van der Waals surface area contributed by atoms with E-state index < -0.39 is 0 Å². The number of ether oxygens (including phenoxy) is 1. The van der Waals surface area contributed by atoms with Crippen molar-refractivity contribution >= 4 is 11.9 Å². The Morgan fingerprint density at radius 2 is 2.11 bits per heavy atom. The lowest BCUT2D eigenvalue weighted by Gasteiger charge is -2.21. The summed E-state index contributed by atoms with van der Waals surface area (Å²) in [4.78, 5) is 25.6. The van der Waals surface area contributed by atoms with Gasteiger partial charge in [-0.3, -0.25) is 9.59 Å². The molecule has 0 atom stereocenters. The van der Waals surface area contributed by atoms with Crippen molar-refractivity contribution in [2.24, 2.45) is 0 Å². The quantitative estimate of drug-likeness (QED) is 0.754. The van der Waals surface area contributed by atoms with Crippen molar-refractivity contribution in [3.63, 3.8) is 0 Å². The van der Waals surface area contributed by atoms with Crippen LogP contribution in [0.2, 0.25) is 0 Å². The standard InChI is InChI=1S/C13H18N2O4/c1-4-18-11(16)7-15(10-5-6-10)13(17)12-8(2)14-19-9(12)3/h10H,4-7H2,1-3H3. The van der Waals surface area contributed by atoms with Crippen LogP contribution in [0.1, 0.15) is 41.6 Å². The van der Waals surface area contributed by atoms with Crippen molar-refractivity contribution in [1.82, 2.24) is 10.1 Å². The molecule has 0 bridgehead atoms. The van der Waals surface area contributed by atoms with Crippen molar-refractivity contribution in [3.8, 4) is 0 Å². The Hall–Kier alpha value is -1.85. The molecule has 1 aliphatic carbocycles. The van der Waals surface area contributed by atoms with Crippen molar-refractivity contribution in [2.75, 3.05) is 13.2 Å². The largest absolute Gasteiger partial charge is 0.465 e. The predicted octanol–water partition coefficient (Wildman–Crippen LogP) is 1.46. The number of hydrogen-bond donors (Lipinski definition) is 0. The van der Waals surface area contributed by atoms with E-state index in [0.29, 0.717) is 23.6 Å². The van der Waals surface area contributed by atoms with E-state index in [9.17, 15) is 9.59 Å². The molecule has 1 aliphatic rings. The Morgan fingerprint density at radius 3 is 2.58 bits per heavy atom. The molecule has 1 heterocycles. The molecule has 0 aliphatic heterocycles. The number of hydrogen-bond acceptors (Lipinski definition) is 5. The summed E-state index contributed by atoms with van der Waals surface area (Å²) in [7, 11) is 0. The molecule has 6 nitrogen and oxygen atoms in total. The zero-order chi connectivity index (χ0) is 14.0. The summed E-state index contributed by atoms with van der Waals surface area (Å²) >= 11 is 0. The molecule has 1 aromatic heterocycles. The number of aryl methyl sites for hydroxylation is 2. The average molecular weight is 266 g/mol. The van der Waals surface area contributed by atoms with Gasteiger partial charge in [0.2, 0.25) is 0 Å². The van der Waals surface area contributed by atoms with Crippen LogP contribution in [-0.2, 0) is 9.53 Å². The van der Waals surface area contributed by atoms with Gasteiger partial charge < -0.3 is 14.2 Å². The van der Waals surface area contributed by atoms with E-state index in [2.05, 4.69) is 5.16 Å². The van der Waals surface area contributed by atoms with Gasteiger partial charge in [0.25, 0.3) is 5.91 Å². The van der Waals surface area contributed by atoms with Gasteiger partial charge >= 0.3 is 5.97 Å². The van der Waals surface area contributed by atoms with Crippen molar-refractivity contribution in [1.29, 1.82) is 0 Å². The maximum absolute atomic E-state index is 12.5. The van der Waals surface area contributed by atoms with E-state index in [1.165, 1.54) is 0 Å². The second-order valence-electron chi connectivity index (χ2n) is 4.67. The summed E-state index contributed by atoms with van der Waals surface area (Å²) < 4.78 is 9.91. The first-order valence-corrected chi connectivity index (χ1v) is 6.44.